The molecule has 8 heteroatoms. The van der Waals surface area contributed by atoms with Gasteiger partial charge in [-0.2, -0.15) is 0 Å². The molecule has 0 unspecified atom stereocenters. The highest BCUT2D eigenvalue weighted by molar-refractivity contribution is 5.67. The van der Waals surface area contributed by atoms with Crippen LogP contribution in [0.15, 0.2) is 121 Å². The first-order valence-corrected chi connectivity index (χ1v) is 16.2. The lowest BCUT2D eigenvalue weighted by molar-refractivity contribution is 0.402. The fourth-order valence-electron chi connectivity index (χ4n) is 6.65. The number of hydrogen-bond donors (Lipinski definition) is 4. The Morgan fingerprint density at radius 3 is 0.800 bits per heavy atom. The molecule has 8 N–H and O–H groups in total. The van der Waals surface area contributed by atoms with Gasteiger partial charge in [0, 0.05) is 81.1 Å². The molecule has 0 amide bonds. The number of rotatable bonds is 11. The third kappa shape index (κ3) is 6.69. The Labute approximate surface area is 293 Å². The van der Waals surface area contributed by atoms with Crippen LogP contribution in [-0.4, -0.2) is 28.4 Å². The van der Waals surface area contributed by atoms with Crippen molar-refractivity contribution in [2.24, 2.45) is 0 Å². The molecule has 0 bridgehead atoms. The van der Waals surface area contributed by atoms with E-state index in [9.17, 15) is 0 Å². The van der Waals surface area contributed by atoms with Crippen LogP contribution in [0.3, 0.4) is 0 Å². The normalized spacial score (nSPS) is 11.1. The predicted molar refractivity (Wildman–Crippen MR) is 203 cm³/mol. The minimum atomic E-state index is -0.205. The molecule has 0 aliphatic rings. The highest BCUT2D eigenvalue weighted by atomic mass is 16.5. The van der Waals surface area contributed by atoms with Crippen molar-refractivity contribution in [2.75, 3.05) is 51.4 Å². The van der Waals surface area contributed by atoms with E-state index in [1.54, 1.807) is 28.4 Å². The number of ether oxygens (including phenoxy) is 4. The quantitative estimate of drug-likeness (QED) is 0.0804. The van der Waals surface area contributed by atoms with Gasteiger partial charge < -0.3 is 41.9 Å². The number of methoxy groups -OCH3 is 4. The summed E-state index contributed by atoms with van der Waals surface area (Å²) in [5, 5.41) is 0. The third-order valence-corrected chi connectivity index (χ3v) is 9.10. The van der Waals surface area contributed by atoms with Gasteiger partial charge in [0.15, 0.2) is 0 Å². The van der Waals surface area contributed by atoms with Gasteiger partial charge in [0.2, 0.25) is 0 Å². The largest absolute Gasteiger partial charge is 0.496 e. The standard InChI is InChI=1S/C42H42N4O4/c1-47-37-21-29(43)13-17-33(37)41(34-18-14-30(44)22-38(34)48-2)27-9-5-25(6-10-27)26-7-11-28(12-8-26)42(35-19-15-31(45)23-39(35)49-3)36-20-16-32(46)24-40(36)50-4/h5-24,41-42H,43-46H2,1-4H3. The van der Waals surface area contributed by atoms with Crippen molar-refractivity contribution in [3.8, 4) is 34.1 Å². The highest BCUT2D eigenvalue weighted by Gasteiger charge is 2.26. The molecule has 0 heterocycles. The molecule has 0 saturated heterocycles. The van der Waals surface area contributed by atoms with Gasteiger partial charge in [-0.25, -0.2) is 0 Å². The summed E-state index contributed by atoms with van der Waals surface area (Å²) in [6.07, 6.45) is 0. The molecule has 254 valence electrons. The van der Waals surface area contributed by atoms with Crippen molar-refractivity contribution < 1.29 is 18.9 Å². The molecule has 0 radical (unpaired) electrons. The maximum atomic E-state index is 6.13. The van der Waals surface area contributed by atoms with E-state index in [2.05, 4.69) is 48.5 Å². The van der Waals surface area contributed by atoms with Crippen molar-refractivity contribution in [3.05, 3.63) is 155 Å². The number of benzene rings is 6. The Balaban J connectivity index is 1.40. The first kappa shape index (κ1) is 33.6. The Morgan fingerprint density at radius 1 is 0.340 bits per heavy atom. The van der Waals surface area contributed by atoms with Crippen LogP contribution >= 0.6 is 0 Å². The van der Waals surface area contributed by atoms with Crippen molar-refractivity contribution in [1.29, 1.82) is 0 Å². The van der Waals surface area contributed by atoms with Gasteiger partial charge in [-0.15, -0.1) is 0 Å². The topological polar surface area (TPSA) is 141 Å². The molecule has 0 spiro atoms. The average molecular weight is 667 g/mol. The van der Waals surface area contributed by atoms with Gasteiger partial charge in [0.25, 0.3) is 0 Å². The minimum absolute atomic E-state index is 0.205. The molecule has 6 aromatic carbocycles. The van der Waals surface area contributed by atoms with E-state index in [1.165, 1.54) is 0 Å². The molecular weight excluding hydrogens is 624 g/mol. The predicted octanol–water partition coefficient (Wildman–Crippen LogP) is 8.08. The van der Waals surface area contributed by atoms with E-state index < -0.39 is 0 Å². The Morgan fingerprint density at radius 2 is 0.580 bits per heavy atom. The Kier molecular flexibility index (Phi) is 9.72. The SMILES string of the molecule is COc1cc(N)ccc1C(c1ccc(-c2ccc(C(c3ccc(N)cc3OC)c3ccc(N)cc3OC)cc2)cc1)c1ccc(N)cc1OC. The van der Waals surface area contributed by atoms with E-state index >= 15 is 0 Å². The smallest absolute Gasteiger partial charge is 0.125 e. The van der Waals surface area contributed by atoms with Crippen LogP contribution in [0.1, 0.15) is 45.2 Å². The summed E-state index contributed by atoms with van der Waals surface area (Å²) >= 11 is 0. The van der Waals surface area contributed by atoms with Crippen LogP contribution in [-0.2, 0) is 0 Å². The molecule has 0 atom stereocenters. The molecule has 6 rings (SSSR count). The number of nitrogen functional groups attached to an aromatic ring is 4. The van der Waals surface area contributed by atoms with E-state index in [-0.39, 0.29) is 11.8 Å². The first-order valence-electron chi connectivity index (χ1n) is 16.2. The maximum absolute atomic E-state index is 6.13. The number of nitrogens with two attached hydrogens (primary N) is 4. The van der Waals surface area contributed by atoms with Gasteiger partial charge in [-0.3, -0.25) is 0 Å². The molecule has 0 aromatic heterocycles. The summed E-state index contributed by atoms with van der Waals surface area (Å²) in [7, 11) is 6.61. The maximum Gasteiger partial charge on any atom is 0.125 e. The zero-order chi connectivity index (χ0) is 35.4. The second-order valence-electron chi connectivity index (χ2n) is 12.1. The molecule has 50 heavy (non-hydrogen) atoms. The number of anilines is 4. The Bertz CT molecular complexity index is 1850. The summed E-state index contributed by atoms with van der Waals surface area (Å²) in [5.41, 5.74) is 35.1. The van der Waals surface area contributed by atoms with E-state index in [0.717, 1.165) is 44.5 Å². The van der Waals surface area contributed by atoms with Crippen LogP contribution in [0.2, 0.25) is 0 Å². The van der Waals surface area contributed by atoms with Crippen LogP contribution in [0.25, 0.3) is 11.1 Å². The zero-order valence-electron chi connectivity index (χ0n) is 28.6. The summed E-state index contributed by atoms with van der Waals surface area (Å²) in [6.45, 7) is 0. The molecule has 8 nitrogen and oxygen atoms in total. The van der Waals surface area contributed by atoms with Gasteiger partial charge >= 0.3 is 0 Å². The lowest BCUT2D eigenvalue weighted by atomic mass is 9.82. The molecule has 0 fully saturated rings. The van der Waals surface area contributed by atoms with Crippen LogP contribution in [0, 0.1) is 0 Å². The summed E-state index contributed by atoms with van der Waals surface area (Å²) < 4.78 is 23.2. The van der Waals surface area contributed by atoms with E-state index in [4.69, 9.17) is 41.9 Å². The van der Waals surface area contributed by atoms with E-state index in [0.29, 0.717) is 45.7 Å². The molecule has 6 aromatic rings. The van der Waals surface area contributed by atoms with Crippen LogP contribution in [0.5, 0.6) is 23.0 Å². The third-order valence-electron chi connectivity index (χ3n) is 9.10. The van der Waals surface area contributed by atoms with Gasteiger partial charge in [-0.1, -0.05) is 72.8 Å². The van der Waals surface area contributed by atoms with Gasteiger partial charge in [0.05, 0.1) is 28.4 Å². The lowest BCUT2D eigenvalue weighted by Gasteiger charge is -2.24. The highest BCUT2D eigenvalue weighted by Crippen LogP contribution is 2.44. The van der Waals surface area contributed by atoms with Crippen molar-refractivity contribution in [3.63, 3.8) is 0 Å². The fourth-order valence-corrected chi connectivity index (χ4v) is 6.65. The molecule has 0 saturated carbocycles. The second kappa shape index (κ2) is 14.5. The summed E-state index contributed by atoms with van der Waals surface area (Å²) in [5.74, 6) is 2.36. The zero-order valence-corrected chi connectivity index (χ0v) is 28.6. The monoisotopic (exact) mass is 666 g/mol. The fraction of sp³-hybridized carbons (Fsp3) is 0.143. The summed E-state index contributed by atoms with van der Waals surface area (Å²) in [4.78, 5) is 0. The lowest BCUT2D eigenvalue weighted by Crippen LogP contribution is -2.08. The molecular formula is C42H42N4O4. The van der Waals surface area contributed by atoms with Crippen molar-refractivity contribution in [2.45, 2.75) is 11.8 Å². The Hall–Kier alpha value is -6.28. The average Bonchev–Trinajstić information content (AvgIpc) is 3.14. The first-order chi connectivity index (χ1) is 24.2. The minimum Gasteiger partial charge on any atom is -0.496 e. The van der Waals surface area contributed by atoms with Crippen molar-refractivity contribution >= 4 is 22.7 Å². The van der Waals surface area contributed by atoms with Gasteiger partial charge in [0.1, 0.15) is 23.0 Å². The van der Waals surface area contributed by atoms with Crippen LogP contribution < -0.4 is 41.9 Å². The molecule has 0 aliphatic carbocycles. The second-order valence-corrected chi connectivity index (χ2v) is 12.1. The van der Waals surface area contributed by atoms with Crippen molar-refractivity contribution in [1.82, 2.24) is 0 Å². The van der Waals surface area contributed by atoms with Gasteiger partial charge in [-0.05, 0) is 46.5 Å². The summed E-state index contributed by atoms with van der Waals surface area (Å²) in [6, 6.07) is 40.0. The molecule has 0 aliphatic heterocycles. The number of hydrogen-bond acceptors (Lipinski definition) is 8. The van der Waals surface area contributed by atoms with E-state index in [1.807, 2.05) is 72.8 Å². The van der Waals surface area contributed by atoms with Crippen LogP contribution in [0.4, 0.5) is 22.7 Å².